The van der Waals surface area contributed by atoms with Crippen LogP contribution >= 0.6 is 15.9 Å². The molecule has 68 valence electrons. The zero-order valence-electron chi connectivity index (χ0n) is 7.50. The number of aromatic nitrogens is 2. The molecule has 0 unspecified atom stereocenters. The maximum Gasteiger partial charge on any atom is 0.139 e. The molecule has 3 heteroatoms. The van der Waals surface area contributed by atoms with E-state index in [1.54, 1.807) is 0 Å². The topological polar surface area (TPSA) is 17.8 Å². The molecule has 13 heavy (non-hydrogen) atoms. The normalized spacial score (nSPS) is 10.9. The smallest absolute Gasteiger partial charge is 0.139 e. The van der Waals surface area contributed by atoms with Crippen molar-refractivity contribution in [3.05, 3.63) is 29.0 Å². The lowest BCUT2D eigenvalue weighted by atomic mass is 10.3. The van der Waals surface area contributed by atoms with Crippen LogP contribution in [-0.2, 0) is 6.54 Å². The minimum Gasteiger partial charge on any atom is -0.333 e. The van der Waals surface area contributed by atoms with Crippen molar-refractivity contribution in [2.75, 3.05) is 0 Å². The molecule has 2 aromatic heterocycles. The molecule has 0 aliphatic rings. The van der Waals surface area contributed by atoms with Crippen LogP contribution in [0.4, 0.5) is 0 Å². The second kappa shape index (κ2) is 3.50. The van der Waals surface area contributed by atoms with Crippen molar-refractivity contribution < 1.29 is 0 Å². The molecule has 0 aliphatic carbocycles. The highest BCUT2D eigenvalue weighted by atomic mass is 79.9. The van der Waals surface area contributed by atoms with E-state index in [2.05, 4.69) is 50.7 Å². The fourth-order valence-corrected chi connectivity index (χ4v) is 1.82. The number of pyridine rings is 1. The van der Waals surface area contributed by atoms with Gasteiger partial charge >= 0.3 is 0 Å². The molecule has 2 rings (SSSR count). The van der Waals surface area contributed by atoms with Crippen molar-refractivity contribution >= 4 is 27.0 Å². The third-order valence-electron chi connectivity index (χ3n) is 2.03. The molecule has 0 atom stereocenters. The minimum atomic E-state index is 1.04. The number of aryl methyl sites for hydroxylation is 1. The molecule has 0 saturated heterocycles. The molecule has 0 aromatic carbocycles. The van der Waals surface area contributed by atoms with Crippen LogP contribution in [0.25, 0.3) is 11.0 Å². The van der Waals surface area contributed by atoms with Gasteiger partial charge in [-0.3, -0.25) is 0 Å². The Hall–Kier alpha value is -0.830. The fourth-order valence-electron chi connectivity index (χ4n) is 1.47. The summed E-state index contributed by atoms with van der Waals surface area (Å²) in [5.41, 5.74) is 1.07. The van der Waals surface area contributed by atoms with Crippen LogP contribution in [0.2, 0.25) is 0 Å². The molecule has 0 saturated carbocycles. The standard InChI is InChI=1S/C10H11BrN2/c1-2-4-13-5-3-8-6-9(11)7-12-10(8)13/h3,5-7H,2,4H2,1H3. The summed E-state index contributed by atoms with van der Waals surface area (Å²) in [5, 5.41) is 1.20. The van der Waals surface area contributed by atoms with Crippen LogP contribution in [0.15, 0.2) is 29.0 Å². The fraction of sp³-hybridized carbons (Fsp3) is 0.300. The average Bonchev–Trinajstić information content (AvgIpc) is 2.49. The van der Waals surface area contributed by atoms with Gasteiger partial charge in [-0.05, 0) is 34.5 Å². The minimum absolute atomic E-state index is 1.04. The molecule has 0 amide bonds. The van der Waals surface area contributed by atoms with Gasteiger partial charge in [-0.25, -0.2) is 4.98 Å². The van der Waals surface area contributed by atoms with Crippen molar-refractivity contribution in [1.29, 1.82) is 0 Å². The highest BCUT2D eigenvalue weighted by Gasteiger charge is 2.00. The number of rotatable bonds is 2. The average molecular weight is 239 g/mol. The second-order valence-electron chi connectivity index (χ2n) is 3.08. The van der Waals surface area contributed by atoms with E-state index < -0.39 is 0 Å². The molecule has 0 spiro atoms. The van der Waals surface area contributed by atoms with E-state index in [0.29, 0.717) is 0 Å². The Labute approximate surface area is 85.7 Å². The largest absolute Gasteiger partial charge is 0.333 e. The van der Waals surface area contributed by atoms with Gasteiger partial charge < -0.3 is 4.57 Å². The SMILES string of the molecule is CCCn1ccc2cc(Br)cnc21. The second-order valence-corrected chi connectivity index (χ2v) is 3.99. The molecule has 0 aliphatic heterocycles. The summed E-state index contributed by atoms with van der Waals surface area (Å²) in [6, 6.07) is 4.19. The number of halogens is 1. The zero-order chi connectivity index (χ0) is 9.26. The number of hydrogen-bond donors (Lipinski definition) is 0. The van der Waals surface area contributed by atoms with Gasteiger partial charge in [0.05, 0.1) is 0 Å². The molecule has 0 fully saturated rings. The van der Waals surface area contributed by atoms with E-state index in [1.165, 1.54) is 5.39 Å². The Morgan fingerprint density at radius 1 is 1.54 bits per heavy atom. The molecule has 0 radical (unpaired) electrons. The predicted octanol–water partition coefficient (Wildman–Crippen LogP) is 3.21. The van der Waals surface area contributed by atoms with Gasteiger partial charge in [0.15, 0.2) is 0 Å². The summed E-state index contributed by atoms with van der Waals surface area (Å²) < 4.78 is 3.22. The first kappa shape index (κ1) is 8.75. The summed E-state index contributed by atoms with van der Waals surface area (Å²) in [4.78, 5) is 4.38. The van der Waals surface area contributed by atoms with Crippen LogP contribution in [0.5, 0.6) is 0 Å². The van der Waals surface area contributed by atoms with Crippen molar-refractivity contribution in [2.24, 2.45) is 0 Å². The van der Waals surface area contributed by atoms with Crippen LogP contribution < -0.4 is 0 Å². The Kier molecular flexibility index (Phi) is 2.36. The van der Waals surface area contributed by atoms with E-state index in [1.807, 2.05) is 6.20 Å². The van der Waals surface area contributed by atoms with Gasteiger partial charge in [-0.15, -0.1) is 0 Å². The third-order valence-corrected chi connectivity index (χ3v) is 2.47. The monoisotopic (exact) mass is 238 g/mol. The first-order valence-electron chi connectivity index (χ1n) is 4.41. The van der Waals surface area contributed by atoms with Gasteiger partial charge in [0.25, 0.3) is 0 Å². The van der Waals surface area contributed by atoms with Crippen LogP contribution in [0.3, 0.4) is 0 Å². The van der Waals surface area contributed by atoms with Crippen LogP contribution in [0, 0.1) is 0 Å². The Balaban J connectivity index is 2.55. The van der Waals surface area contributed by atoms with Crippen molar-refractivity contribution in [3.8, 4) is 0 Å². The summed E-state index contributed by atoms with van der Waals surface area (Å²) in [7, 11) is 0. The molecule has 2 aromatic rings. The lowest BCUT2D eigenvalue weighted by Gasteiger charge is -2.00. The molecular formula is C10H11BrN2. The summed E-state index contributed by atoms with van der Waals surface area (Å²) >= 11 is 3.41. The number of fused-ring (bicyclic) bond motifs is 1. The van der Waals surface area contributed by atoms with Crippen LogP contribution in [0.1, 0.15) is 13.3 Å². The van der Waals surface area contributed by atoms with E-state index in [4.69, 9.17) is 0 Å². The van der Waals surface area contributed by atoms with Gasteiger partial charge in [0.1, 0.15) is 5.65 Å². The lowest BCUT2D eigenvalue weighted by molar-refractivity contribution is 0.697. The van der Waals surface area contributed by atoms with Crippen molar-refractivity contribution in [1.82, 2.24) is 9.55 Å². The molecular weight excluding hydrogens is 228 g/mol. The highest BCUT2D eigenvalue weighted by Crippen LogP contribution is 2.18. The third kappa shape index (κ3) is 1.61. The Bertz CT molecular complexity index is 420. The summed E-state index contributed by atoms with van der Waals surface area (Å²) in [5.74, 6) is 0. The summed E-state index contributed by atoms with van der Waals surface area (Å²) in [6.45, 7) is 3.21. The number of hydrogen-bond acceptors (Lipinski definition) is 1. The van der Waals surface area contributed by atoms with Crippen molar-refractivity contribution in [2.45, 2.75) is 19.9 Å². The van der Waals surface area contributed by atoms with Crippen molar-refractivity contribution in [3.63, 3.8) is 0 Å². The van der Waals surface area contributed by atoms with E-state index >= 15 is 0 Å². The van der Waals surface area contributed by atoms with E-state index in [9.17, 15) is 0 Å². The molecule has 2 nitrogen and oxygen atoms in total. The summed E-state index contributed by atoms with van der Waals surface area (Å²) in [6.07, 6.45) is 5.07. The Morgan fingerprint density at radius 3 is 3.15 bits per heavy atom. The number of nitrogens with zero attached hydrogens (tertiary/aromatic N) is 2. The van der Waals surface area contributed by atoms with E-state index in [0.717, 1.165) is 23.1 Å². The first-order chi connectivity index (χ1) is 6.31. The zero-order valence-corrected chi connectivity index (χ0v) is 9.08. The highest BCUT2D eigenvalue weighted by molar-refractivity contribution is 9.10. The Morgan fingerprint density at radius 2 is 2.38 bits per heavy atom. The lowest BCUT2D eigenvalue weighted by Crippen LogP contribution is -1.95. The molecule has 0 N–H and O–H groups in total. The quantitative estimate of drug-likeness (QED) is 0.786. The maximum absolute atomic E-state index is 4.38. The van der Waals surface area contributed by atoms with E-state index in [-0.39, 0.29) is 0 Å². The van der Waals surface area contributed by atoms with Gasteiger partial charge in [-0.1, -0.05) is 6.92 Å². The van der Waals surface area contributed by atoms with Gasteiger partial charge in [0, 0.05) is 28.8 Å². The van der Waals surface area contributed by atoms with Gasteiger partial charge in [0.2, 0.25) is 0 Å². The maximum atomic E-state index is 4.38. The molecule has 0 bridgehead atoms. The van der Waals surface area contributed by atoms with Gasteiger partial charge in [-0.2, -0.15) is 0 Å². The molecule has 2 heterocycles. The predicted molar refractivity (Wildman–Crippen MR) is 57.7 cm³/mol. The first-order valence-corrected chi connectivity index (χ1v) is 5.21. The van der Waals surface area contributed by atoms with Crippen LogP contribution in [-0.4, -0.2) is 9.55 Å².